The van der Waals surface area contributed by atoms with Crippen LogP contribution < -0.4 is 10.1 Å². The Morgan fingerprint density at radius 3 is 2.56 bits per heavy atom. The molecule has 0 saturated carbocycles. The van der Waals surface area contributed by atoms with Crippen molar-refractivity contribution in [3.05, 3.63) is 72.6 Å². The molecule has 0 aliphatic rings. The van der Waals surface area contributed by atoms with Gasteiger partial charge in [-0.15, -0.1) is 0 Å². The van der Waals surface area contributed by atoms with E-state index in [1.807, 2.05) is 55.5 Å². The second kappa shape index (κ2) is 8.30. The van der Waals surface area contributed by atoms with Gasteiger partial charge in [0, 0.05) is 17.3 Å². The Labute approximate surface area is 150 Å². The van der Waals surface area contributed by atoms with Gasteiger partial charge in [0.2, 0.25) is 0 Å². The van der Waals surface area contributed by atoms with Crippen LogP contribution in [0.15, 0.2) is 77.0 Å². The molecule has 0 bridgehead atoms. The van der Waals surface area contributed by atoms with Crippen LogP contribution in [-0.2, 0) is 4.79 Å². The maximum absolute atomic E-state index is 12.2. The number of benzene rings is 2. The fourth-order valence-corrected chi connectivity index (χ4v) is 2.94. The lowest BCUT2D eigenvalue weighted by Gasteiger charge is -2.11. The Kier molecular flexibility index (Phi) is 5.64. The lowest BCUT2D eigenvalue weighted by atomic mass is 10.2. The van der Waals surface area contributed by atoms with Gasteiger partial charge in [0.1, 0.15) is 5.75 Å². The van der Waals surface area contributed by atoms with Crippen molar-refractivity contribution in [3.8, 4) is 5.75 Å². The molecule has 0 radical (unpaired) electrons. The monoisotopic (exact) mass is 351 g/mol. The number of amides is 1. The zero-order valence-electron chi connectivity index (χ0n) is 13.7. The topological polar surface area (TPSA) is 64.1 Å². The van der Waals surface area contributed by atoms with Crippen LogP contribution in [0.25, 0.3) is 0 Å². The molecular weight excluding hydrogens is 334 g/mol. The molecule has 1 aromatic heterocycles. The molecule has 3 aromatic rings. The third kappa shape index (κ3) is 4.81. The number of ether oxygens (including phenoxy) is 1. The fourth-order valence-electron chi connectivity index (χ4n) is 2.14. The number of para-hydroxylation sites is 2. The van der Waals surface area contributed by atoms with E-state index in [1.54, 1.807) is 18.5 Å². The molecule has 5 nitrogen and oxygen atoms in total. The van der Waals surface area contributed by atoms with E-state index in [1.165, 1.54) is 11.8 Å². The number of carbonyl (C=O) groups is 1. The second-order valence-electron chi connectivity index (χ2n) is 5.23. The highest BCUT2D eigenvalue weighted by Crippen LogP contribution is 2.30. The van der Waals surface area contributed by atoms with Crippen LogP contribution in [0, 0.1) is 6.92 Å². The smallest absolute Gasteiger partial charge is 0.262 e. The molecular formula is C19H17N3O2S. The van der Waals surface area contributed by atoms with Gasteiger partial charge < -0.3 is 10.1 Å². The van der Waals surface area contributed by atoms with E-state index in [0.29, 0.717) is 16.6 Å². The maximum Gasteiger partial charge on any atom is 0.262 e. The summed E-state index contributed by atoms with van der Waals surface area (Å²) in [7, 11) is 0. The minimum atomic E-state index is -0.217. The molecule has 2 aromatic carbocycles. The Morgan fingerprint density at radius 2 is 1.76 bits per heavy atom. The predicted molar refractivity (Wildman–Crippen MR) is 97.9 cm³/mol. The molecule has 126 valence electrons. The number of anilines is 1. The van der Waals surface area contributed by atoms with E-state index in [-0.39, 0.29) is 12.5 Å². The van der Waals surface area contributed by atoms with Gasteiger partial charge >= 0.3 is 0 Å². The van der Waals surface area contributed by atoms with E-state index >= 15 is 0 Å². The number of hydrogen-bond acceptors (Lipinski definition) is 5. The van der Waals surface area contributed by atoms with Crippen LogP contribution >= 0.6 is 11.8 Å². The zero-order chi connectivity index (χ0) is 17.5. The fraction of sp³-hybridized carbons (Fsp3) is 0.105. The number of nitrogens with zero attached hydrogens (tertiary/aromatic N) is 2. The molecule has 3 rings (SSSR count). The van der Waals surface area contributed by atoms with Gasteiger partial charge in [0.05, 0.1) is 5.69 Å². The number of aromatic nitrogens is 2. The minimum Gasteiger partial charge on any atom is -0.483 e. The molecule has 0 unspecified atom stereocenters. The second-order valence-corrected chi connectivity index (χ2v) is 6.24. The Morgan fingerprint density at radius 1 is 1.04 bits per heavy atom. The molecule has 1 heterocycles. The first kappa shape index (κ1) is 17.0. The molecule has 1 N–H and O–H groups in total. The normalized spacial score (nSPS) is 10.3. The van der Waals surface area contributed by atoms with Crippen LogP contribution in [0.1, 0.15) is 5.56 Å². The highest BCUT2D eigenvalue weighted by atomic mass is 32.2. The van der Waals surface area contributed by atoms with Gasteiger partial charge in [0.15, 0.2) is 11.8 Å². The van der Waals surface area contributed by atoms with Crippen molar-refractivity contribution >= 4 is 23.4 Å². The number of hydrogen-bond donors (Lipinski definition) is 1. The first-order chi connectivity index (χ1) is 12.2. The van der Waals surface area contributed by atoms with Crippen LogP contribution in [0.2, 0.25) is 0 Å². The van der Waals surface area contributed by atoms with Crippen molar-refractivity contribution in [3.63, 3.8) is 0 Å². The van der Waals surface area contributed by atoms with E-state index in [0.717, 1.165) is 10.5 Å². The van der Waals surface area contributed by atoms with E-state index in [9.17, 15) is 4.79 Å². The average Bonchev–Trinajstić information content (AvgIpc) is 2.64. The van der Waals surface area contributed by atoms with Crippen molar-refractivity contribution in [2.75, 3.05) is 11.9 Å². The SMILES string of the molecule is Cc1ccccc1OCC(=O)Nc1ccccc1Sc1ncccn1. The molecule has 0 atom stereocenters. The van der Waals surface area contributed by atoms with Crippen LogP contribution in [-0.4, -0.2) is 22.5 Å². The average molecular weight is 351 g/mol. The summed E-state index contributed by atoms with van der Waals surface area (Å²) in [6.45, 7) is 1.89. The molecule has 0 aliphatic heterocycles. The van der Waals surface area contributed by atoms with E-state index in [2.05, 4.69) is 15.3 Å². The van der Waals surface area contributed by atoms with E-state index < -0.39 is 0 Å². The molecule has 1 amide bonds. The first-order valence-electron chi connectivity index (χ1n) is 7.74. The quantitative estimate of drug-likeness (QED) is 0.681. The van der Waals surface area contributed by atoms with Gasteiger partial charge in [0.25, 0.3) is 5.91 Å². The van der Waals surface area contributed by atoms with Gasteiger partial charge in [-0.25, -0.2) is 9.97 Å². The van der Waals surface area contributed by atoms with Gasteiger partial charge in [-0.2, -0.15) is 0 Å². The largest absolute Gasteiger partial charge is 0.483 e. The van der Waals surface area contributed by atoms with Crippen LogP contribution in [0.4, 0.5) is 5.69 Å². The van der Waals surface area contributed by atoms with Crippen molar-refractivity contribution in [2.45, 2.75) is 17.0 Å². The van der Waals surface area contributed by atoms with Gasteiger partial charge in [-0.05, 0) is 48.5 Å². The molecule has 0 aliphatic carbocycles. The predicted octanol–water partition coefficient (Wildman–Crippen LogP) is 3.95. The number of nitrogens with one attached hydrogen (secondary N) is 1. The van der Waals surface area contributed by atoms with Gasteiger partial charge in [-0.3, -0.25) is 4.79 Å². The maximum atomic E-state index is 12.2. The summed E-state index contributed by atoms with van der Waals surface area (Å²) in [6.07, 6.45) is 3.37. The Balaban J connectivity index is 1.64. The molecule has 0 saturated heterocycles. The molecule has 0 spiro atoms. The summed E-state index contributed by atoms with van der Waals surface area (Å²) in [5, 5.41) is 3.51. The third-order valence-corrected chi connectivity index (χ3v) is 4.33. The molecule has 0 fully saturated rings. The number of rotatable bonds is 6. The third-order valence-electron chi connectivity index (χ3n) is 3.36. The Hall–Kier alpha value is -2.86. The van der Waals surface area contributed by atoms with Crippen LogP contribution in [0.5, 0.6) is 5.75 Å². The van der Waals surface area contributed by atoms with Crippen molar-refractivity contribution in [2.24, 2.45) is 0 Å². The number of aryl methyl sites for hydroxylation is 1. The minimum absolute atomic E-state index is 0.0499. The summed E-state index contributed by atoms with van der Waals surface area (Å²) in [5.41, 5.74) is 1.70. The first-order valence-corrected chi connectivity index (χ1v) is 8.56. The lowest BCUT2D eigenvalue weighted by molar-refractivity contribution is -0.118. The van der Waals surface area contributed by atoms with Crippen LogP contribution in [0.3, 0.4) is 0 Å². The summed E-state index contributed by atoms with van der Waals surface area (Å²) in [5.74, 6) is 0.489. The number of carbonyl (C=O) groups excluding carboxylic acids is 1. The molecule has 6 heteroatoms. The zero-order valence-corrected chi connectivity index (χ0v) is 14.5. The highest BCUT2D eigenvalue weighted by molar-refractivity contribution is 7.99. The lowest BCUT2D eigenvalue weighted by Crippen LogP contribution is -2.20. The van der Waals surface area contributed by atoms with Crippen molar-refractivity contribution < 1.29 is 9.53 Å². The standard InChI is InChI=1S/C19H17N3O2S/c1-14-7-2-4-9-16(14)24-13-18(23)22-15-8-3-5-10-17(15)25-19-20-11-6-12-21-19/h2-12H,13H2,1H3,(H,22,23). The Bertz CT molecular complexity index is 856. The van der Waals surface area contributed by atoms with Crippen molar-refractivity contribution in [1.29, 1.82) is 0 Å². The van der Waals surface area contributed by atoms with Gasteiger partial charge in [-0.1, -0.05) is 30.3 Å². The summed E-state index contributed by atoms with van der Waals surface area (Å²) >= 11 is 1.40. The summed E-state index contributed by atoms with van der Waals surface area (Å²) < 4.78 is 5.59. The molecule has 25 heavy (non-hydrogen) atoms. The summed E-state index contributed by atoms with van der Waals surface area (Å²) in [6, 6.07) is 16.9. The van der Waals surface area contributed by atoms with E-state index in [4.69, 9.17) is 4.74 Å². The van der Waals surface area contributed by atoms with Crippen molar-refractivity contribution in [1.82, 2.24) is 9.97 Å². The highest BCUT2D eigenvalue weighted by Gasteiger charge is 2.10. The summed E-state index contributed by atoms with van der Waals surface area (Å²) in [4.78, 5) is 21.5.